The van der Waals surface area contributed by atoms with E-state index >= 15 is 0 Å². The Labute approximate surface area is 85.9 Å². The van der Waals surface area contributed by atoms with E-state index in [-0.39, 0.29) is 12.4 Å². The monoisotopic (exact) mass is 209 g/mol. The van der Waals surface area contributed by atoms with Crippen molar-refractivity contribution in [1.29, 1.82) is 0 Å². The molecule has 12 heavy (non-hydrogen) atoms. The summed E-state index contributed by atoms with van der Waals surface area (Å²) in [5, 5.41) is 0. The van der Waals surface area contributed by atoms with Gasteiger partial charge < -0.3 is 4.90 Å². The van der Waals surface area contributed by atoms with Crippen molar-refractivity contribution in [2.75, 3.05) is 25.5 Å². The third-order valence-corrected chi connectivity index (χ3v) is 3.49. The van der Waals surface area contributed by atoms with Gasteiger partial charge in [-0.1, -0.05) is 0 Å². The van der Waals surface area contributed by atoms with Gasteiger partial charge in [0.2, 0.25) is 0 Å². The lowest BCUT2D eigenvalue weighted by Gasteiger charge is -2.44. The van der Waals surface area contributed by atoms with Gasteiger partial charge in [-0.2, -0.15) is 0 Å². The average Bonchev–Trinajstić information content (AvgIpc) is 2.07. The Morgan fingerprint density at radius 3 is 2.33 bits per heavy atom. The van der Waals surface area contributed by atoms with Gasteiger partial charge in [-0.25, -0.2) is 0 Å². The van der Waals surface area contributed by atoms with Crippen LogP contribution in [0, 0.1) is 11.8 Å². The number of rotatable bonds is 2. The van der Waals surface area contributed by atoms with Crippen molar-refractivity contribution in [3.8, 4) is 0 Å². The minimum Gasteiger partial charge on any atom is -0.303 e. The van der Waals surface area contributed by atoms with Crippen LogP contribution in [0.3, 0.4) is 0 Å². The van der Waals surface area contributed by atoms with Gasteiger partial charge in [-0.15, -0.1) is 24.0 Å². The van der Waals surface area contributed by atoms with Crippen molar-refractivity contribution >= 4 is 24.0 Å². The summed E-state index contributed by atoms with van der Waals surface area (Å²) < 4.78 is 0. The Balaban J connectivity index is 0.000000720. The highest BCUT2D eigenvalue weighted by atomic mass is 35.5. The van der Waals surface area contributed by atoms with Crippen molar-refractivity contribution in [2.24, 2.45) is 11.8 Å². The number of fused-ring (bicyclic) bond motifs is 3. The van der Waals surface area contributed by atoms with Crippen LogP contribution in [0.5, 0.6) is 0 Å². The van der Waals surface area contributed by atoms with Crippen LogP contribution in [0.4, 0.5) is 0 Å². The van der Waals surface area contributed by atoms with Gasteiger partial charge in [0.25, 0.3) is 0 Å². The normalized spacial score (nSPS) is 39.2. The van der Waals surface area contributed by atoms with E-state index in [0.29, 0.717) is 0 Å². The first-order valence-corrected chi connectivity index (χ1v) is 5.22. The average molecular weight is 210 g/mol. The molecule has 0 aromatic rings. The van der Waals surface area contributed by atoms with Crippen molar-refractivity contribution in [3.63, 3.8) is 0 Å². The molecule has 0 N–H and O–H groups in total. The number of piperidine rings is 3. The molecule has 0 radical (unpaired) electrons. The second-order valence-corrected chi connectivity index (χ2v) is 4.25. The number of halogens is 2. The van der Waals surface area contributed by atoms with Gasteiger partial charge in [-0.05, 0) is 44.2 Å². The van der Waals surface area contributed by atoms with Crippen LogP contribution in [0.1, 0.15) is 19.3 Å². The van der Waals surface area contributed by atoms with E-state index in [2.05, 4.69) is 4.90 Å². The van der Waals surface area contributed by atoms with Gasteiger partial charge >= 0.3 is 0 Å². The zero-order valence-corrected chi connectivity index (χ0v) is 8.91. The standard InChI is InChI=1S/C9H16ClN.ClH/c10-4-1-9-7-11-5-2-8(9)3-6-11;/h8-9H,1-7H2;1H. The smallest absolute Gasteiger partial charge is 0.0226 e. The predicted molar refractivity (Wildman–Crippen MR) is 55.2 cm³/mol. The van der Waals surface area contributed by atoms with E-state index in [1.165, 1.54) is 38.9 Å². The first kappa shape index (κ1) is 10.6. The SMILES string of the molecule is Cl.ClCCC1CN2CCC1CC2. The van der Waals surface area contributed by atoms with E-state index < -0.39 is 0 Å². The largest absolute Gasteiger partial charge is 0.303 e. The Bertz CT molecular complexity index is 132. The summed E-state index contributed by atoms with van der Waals surface area (Å²) in [4.78, 5) is 2.59. The van der Waals surface area contributed by atoms with Gasteiger partial charge in [0.1, 0.15) is 0 Å². The molecule has 3 aliphatic heterocycles. The minimum absolute atomic E-state index is 0. The molecule has 0 aromatic heterocycles. The zero-order valence-electron chi connectivity index (χ0n) is 7.34. The lowest BCUT2D eigenvalue weighted by atomic mass is 9.78. The highest BCUT2D eigenvalue weighted by molar-refractivity contribution is 6.17. The van der Waals surface area contributed by atoms with Gasteiger partial charge in [0.15, 0.2) is 0 Å². The lowest BCUT2D eigenvalue weighted by molar-refractivity contribution is 0.0497. The number of hydrogen-bond donors (Lipinski definition) is 0. The molecule has 72 valence electrons. The third kappa shape index (κ3) is 2.07. The molecule has 0 aromatic carbocycles. The second kappa shape index (κ2) is 4.69. The van der Waals surface area contributed by atoms with Crippen LogP contribution in [-0.4, -0.2) is 30.4 Å². The van der Waals surface area contributed by atoms with E-state index in [9.17, 15) is 0 Å². The maximum Gasteiger partial charge on any atom is 0.0226 e. The van der Waals surface area contributed by atoms with Crippen LogP contribution >= 0.6 is 24.0 Å². The van der Waals surface area contributed by atoms with Gasteiger partial charge in [0, 0.05) is 12.4 Å². The molecular weight excluding hydrogens is 193 g/mol. The van der Waals surface area contributed by atoms with E-state index in [4.69, 9.17) is 11.6 Å². The van der Waals surface area contributed by atoms with E-state index in [1.54, 1.807) is 0 Å². The quantitative estimate of drug-likeness (QED) is 0.632. The highest BCUT2D eigenvalue weighted by Gasteiger charge is 2.33. The number of nitrogens with zero attached hydrogens (tertiary/aromatic N) is 1. The molecular formula is C9H17Cl2N. The fourth-order valence-corrected chi connectivity index (χ4v) is 2.84. The molecule has 1 unspecified atom stereocenters. The molecule has 3 rings (SSSR count). The Hall–Kier alpha value is 0.540. The summed E-state index contributed by atoms with van der Waals surface area (Å²) in [5.74, 6) is 2.79. The third-order valence-electron chi connectivity index (χ3n) is 3.27. The molecule has 0 amide bonds. The molecule has 0 saturated carbocycles. The molecule has 3 heteroatoms. The molecule has 1 nitrogen and oxygen atoms in total. The van der Waals surface area contributed by atoms with Crippen molar-refractivity contribution in [3.05, 3.63) is 0 Å². The van der Waals surface area contributed by atoms with Crippen LogP contribution in [0.2, 0.25) is 0 Å². The Morgan fingerprint density at radius 1 is 1.25 bits per heavy atom. The topological polar surface area (TPSA) is 3.24 Å². The van der Waals surface area contributed by atoms with Crippen molar-refractivity contribution < 1.29 is 0 Å². The number of hydrogen-bond acceptors (Lipinski definition) is 1. The summed E-state index contributed by atoms with van der Waals surface area (Å²) in [5.41, 5.74) is 0. The molecule has 3 fully saturated rings. The zero-order chi connectivity index (χ0) is 7.68. The first-order chi connectivity index (χ1) is 5.40. The summed E-state index contributed by atoms with van der Waals surface area (Å²) >= 11 is 5.75. The van der Waals surface area contributed by atoms with Crippen molar-refractivity contribution in [1.82, 2.24) is 4.90 Å². The Morgan fingerprint density at radius 2 is 1.92 bits per heavy atom. The number of alkyl halides is 1. The summed E-state index contributed by atoms with van der Waals surface area (Å²) in [6, 6.07) is 0. The summed E-state index contributed by atoms with van der Waals surface area (Å²) in [6.45, 7) is 4.03. The van der Waals surface area contributed by atoms with Gasteiger partial charge in [-0.3, -0.25) is 0 Å². The fourth-order valence-electron chi connectivity index (χ4n) is 2.55. The summed E-state index contributed by atoms with van der Waals surface area (Å²) in [7, 11) is 0. The summed E-state index contributed by atoms with van der Waals surface area (Å²) in [6.07, 6.45) is 4.10. The van der Waals surface area contributed by atoms with E-state index in [0.717, 1.165) is 17.7 Å². The second-order valence-electron chi connectivity index (χ2n) is 3.88. The minimum atomic E-state index is 0. The van der Waals surface area contributed by atoms with Crippen LogP contribution in [-0.2, 0) is 0 Å². The maximum atomic E-state index is 5.75. The maximum absolute atomic E-state index is 5.75. The fraction of sp³-hybridized carbons (Fsp3) is 1.00. The molecule has 2 bridgehead atoms. The molecule has 3 heterocycles. The Kier molecular flexibility index (Phi) is 4.15. The van der Waals surface area contributed by atoms with Gasteiger partial charge in [0.05, 0.1) is 0 Å². The highest BCUT2D eigenvalue weighted by Crippen LogP contribution is 2.34. The van der Waals surface area contributed by atoms with E-state index in [1.807, 2.05) is 0 Å². The van der Waals surface area contributed by atoms with Crippen LogP contribution < -0.4 is 0 Å². The molecule has 3 aliphatic rings. The molecule has 0 aliphatic carbocycles. The molecule has 0 spiro atoms. The lowest BCUT2D eigenvalue weighted by Crippen LogP contribution is -2.47. The molecule has 1 atom stereocenters. The van der Waals surface area contributed by atoms with Crippen LogP contribution in [0.15, 0.2) is 0 Å². The first-order valence-electron chi connectivity index (χ1n) is 4.68. The van der Waals surface area contributed by atoms with Crippen molar-refractivity contribution in [2.45, 2.75) is 19.3 Å². The molecule has 3 saturated heterocycles. The predicted octanol–water partition coefficient (Wildman–Crippen LogP) is 2.38. The van der Waals surface area contributed by atoms with Crippen LogP contribution in [0.25, 0.3) is 0 Å².